The van der Waals surface area contributed by atoms with E-state index < -0.39 is 34.9 Å². The fourth-order valence-corrected chi connectivity index (χ4v) is 4.69. The van der Waals surface area contributed by atoms with Crippen LogP contribution in [0.25, 0.3) is 0 Å². The lowest BCUT2D eigenvalue weighted by molar-refractivity contribution is -0.145. The van der Waals surface area contributed by atoms with Crippen molar-refractivity contribution in [3.05, 3.63) is 35.9 Å². The fraction of sp³-hybridized carbons (Fsp3) is 0.565. The summed E-state index contributed by atoms with van der Waals surface area (Å²) in [4.78, 5) is 50.4. The Labute approximate surface area is 193 Å². The Balaban J connectivity index is 2.40. The molecule has 1 aromatic carbocycles. The lowest BCUT2D eigenvalue weighted by Crippen LogP contribution is -2.55. The Morgan fingerprint density at radius 1 is 1.22 bits per heavy atom. The fourth-order valence-electron chi connectivity index (χ4n) is 4.21. The predicted molar refractivity (Wildman–Crippen MR) is 124 cm³/mol. The van der Waals surface area contributed by atoms with Gasteiger partial charge in [0.25, 0.3) is 0 Å². The summed E-state index contributed by atoms with van der Waals surface area (Å²) in [6.07, 6.45) is 3.29. The van der Waals surface area contributed by atoms with Crippen LogP contribution in [0, 0.1) is 5.92 Å². The summed E-state index contributed by atoms with van der Waals surface area (Å²) in [5.41, 5.74) is 4.24. The zero-order valence-corrected chi connectivity index (χ0v) is 19.9. The monoisotopic (exact) mass is 463 g/mol. The number of carbonyl (C=O) groups excluding carboxylic acids is 4. The van der Waals surface area contributed by atoms with E-state index in [1.165, 1.54) is 7.11 Å². The van der Waals surface area contributed by atoms with Gasteiger partial charge in [0.15, 0.2) is 5.78 Å². The Kier molecular flexibility index (Phi) is 8.86. The number of nitrogens with two attached hydrogens (primary N) is 1. The zero-order chi connectivity index (χ0) is 23.9. The van der Waals surface area contributed by atoms with Crippen LogP contribution in [0.2, 0.25) is 0 Å². The van der Waals surface area contributed by atoms with Crippen LogP contribution in [-0.2, 0) is 29.3 Å². The second-order valence-electron chi connectivity index (χ2n) is 8.58. The number of hydrogen-bond acceptors (Lipinski definition) is 7. The molecule has 32 heavy (non-hydrogen) atoms. The first-order valence-corrected chi connectivity index (χ1v) is 12.0. The molecule has 0 heterocycles. The highest BCUT2D eigenvalue weighted by Gasteiger charge is 2.76. The van der Waals surface area contributed by atoms with E-state index in [2.05, 4.69) is 10.6 Å². The van der Waals surface area contributed by atoms with Crippen molar-refractivity contribution in [1.82, 2.24) is 10.6 Å². The zero-order valence-electron chi connectivity index (χ0n) is 19.1. The molecule has 8 nitrogen and oxygen atoms in total. The number of Topliss-reactive ketones (excluding diaryl/α,β-unsaturated/α-hetero) is 1. The van der Waals surface area contributed by atoms with E-state index in [4.69, 9.17) is 10.5 Å². The molecular formula is C23H33N3O5S. The van der Waals surface area contributed by atoms with Crippen LogP contribution in [0.15, 0.2) is 30.3 Å². The van der Waals surface area contributed by atoms with Crippen molar-refractivity contribution < 1.29 is 23.9 Å². The Hall–Kier alpha value is -2.39. The van der Waals surface area contributed by atoms with Crippen molar-refractivity contribution in [2.45, 2.75) is 56.1 Å². The molecule has 9 heteroatoms. The molecular weight excluding hydrogens is 430 g/mol. The van der Waals surface area contributed by atoms with Crippen molar-refractivity contribution in [2.75, 3.05) is 19.1 Å². The summed E-state index contributed by atoms with van der Waals surface area (Å²) >= 11 is 1.56. The van der Waals surface area contributed by atoms with E-state index in [1.54, 1.807) is 36.0 Å². The number of nitrogens with one attached hydrogen (secondary N) is 2. The quantitative estimate of drug-likeness (QED) is 0.296. The molecule has 4 N–H and O–H groups in total. The van der Waals surface area contributed by atoms with Gasteiger partial charge in [0.05, 0.1) is 18.6 Å². The second kappa shape index (κ2) is 11.0. The van der Waals surface area contributed by atoms with Crippen molar-refractivity contribution in [1.29, 1.82) is 0 Å². The summed E-state index contributed by atoms with van der Waals surface area (Å²) in [5, 5.41) is 5.35. The molecule has 1 aromatic rings. The molecule has 2 rings (SSSR count). The first-order chi connectivity index (χ1) is 15.2. The molecule has 0 spiro atoms. The Morgan fingerprint density at radius 3 is 2.41 bits per heavy atom. The lowest BCUT2D eigenvalue weighted by Gasteiger charge is -2.29. The van der Waals surface area contributed by atoms with Gasteiger partial charge < -0.3 is 21.1 Å². The van der Waals surface area contributed by atoms with Crippen molar-refractivity contribution in [2.24, 2.45) is 11.7 Å². The van der Waals surface area contributed by atoms with E-state index in [-0.39, 0.29) is 18.1 Å². The first kappa shape index (κ1) is 25.9. The third kappa shape index (κ3) is 5.15. The summed E-state index contributed by atoms with van der Waals surface area (Å²) in [6.45, 7) is 3.89. The maximum Gasteiger partial charge on any atom is 0.327 e. The van der Waals surface area contributed by atoms with Crippen LogP contribution >= 0.6 is 11.8 Å². The number of carbonyl (C=O) groups is 4. The normalized spacial score (nSPS) is 23.7. The van der Waals surface area contributed by atoms with Gasteiger partial charge in [-0.05, 0) is 42.8 Å². The van der Waals surface area contributed by atoms with Gasteiger partial charge in [-0.15, -0.1) is 0 Å². The predicted octanol–water partition coefficient (Wildman–Crippen LogP) is 1.17. The molecule has 1 fully saturated rings. The second-order valence-corrected chi connectivity index (χ2v) is 9.57. The number of benzene rings is 1. The molecule has 176 valence electrons. The van der Waals surface area contributed by atoms with Crippen molar-refractivity contribution >= 4 is 35.8 Å². The van der Waals surface area contributed by atoms with E-state index in [9.17, 15) is 19.2 Å². The summed E-state index contributed by atoms with van der Waals surface area (Å²) in [7, 11) is 1.24. The number of esters is 1. The Morgan fingerprint density at radius 2 is 1.88 bits per heavy atom. The van der Waals surface area contributed by atoms with Gasteiger partial charge in [-0.25, -0.2) is 0 Å². The van der Waals surface area contributed by atoms with Gasteiger partial charge in [0.1, 0.15) is 11.6 Å². The third-order valence-electron chi connectivity index (χ3n) is 5.95. The van der Waals surface area contributed by atoms with E-state index in [0.717, 1.165) is 0 Å². The standard InChI is InChI=1S/C23H33N3O5S/c1-15(2)12-18(26-20(29)17(25-14-27)10-11-32-4)19(28)22(16-8-6-5-7-9-16)13-23(22,24)21(30)31-3/h5-9,14-15,17-18H,10-13,24H2,1-4H3,(H,25,27)(H,26,29)/t17-,18-,22-,23+/m0/s1. The highest BCUT2D eigenvalue weighted by atomic mass is 32.2. The largest absolute Gasteiger partial charge is 0.468 e. The first-order valence-electron chi connectivity index (χ1n) is 10.6. The average Bonchev–Trinajstić information content (AvgIpc) is 3.43. The molecule has 1 saturated carbocycles. The number of hydrogen-bond donors (Lipinski definition) is 3. The summed E-state index contributed by atoms with van der Waals surface area (Å²) in [5.74, 6) is -0.665. The maximum atomic E-state index is 13.9. The van der Waals surface area contributed by atoms with Gasteiger partial charge in [0.2, 0.25) is 12.3 Å². The van der Waals surface area contributed by atoms with Gasteiger partial charge in [-0.3, -0.25) is 19.2 Å². The summed E-state index contributed by atoms with van der Waals surface area (Å²) < 4.78 is 4.91. The van der Waals surface area contributed by atoms with Gasteiger partial charge in [0, 0.05) is 0 Å². The molecule has 1 aliphatic carbocycles. The molecule has 0 aromatic heterocycles. The van der Waals surface area contributed by atoms with E-state index in [0.29, 0.717) is 30.6 Å². The van der Waals surface area contributed by atoms with E-state index in [1.807, 2.05) is 26.2 Å². The Bertz CT molecular complexity index is 834. The number of amides is 2. The topological polar surface area (TPSA) is 128 Å². The van der Waals surface area contributed by atoms with E-state index >= 15 is 0 Å². The maximum absolute atomic E-state index is 13.9. The minimum Gasteiger partial charge on any atom is -0.468 e. The summed E-state index contributed by atoms with van der Waals surface area (Å²) in [6, 6.07) is 7.28. The SMILES string of the molecule is COC(=O)[C@]1(N)C[C@@]1(C(=O)[C@H](CC(C)C)NC(=O)[C@H](CCSC)NC=O)c1ccccc1. The molecule has 0 bridgehead atoms. The van der Waals surface area contributed by atoms with Crippen molar-refractivity contribution in [3.63, 3.8) is 0 Å². The third-order valence-corrected chi connectivity index (χ3v) is 6.60. The van der Waals surface area contributed by atoms with Crippen LogP contribution < -0.4 is 16.4 Å². The van der Waals surface area contributed by atoms with Gasteiger partial charge >= 0.3 is 5.97 Å². The van der Waals surface area contributed by atoms with Crippen LogP contribution in [0.3, 0.4) is 0 Å². The molecule has 0 unspecified atom stereocenters. The number of ketones is 1. The molecule has 1 aliphatic rings. The van der Waals surface area contributed by atoms with Crippen molar-refractivity contribution in [3.8, 4) is 0 Å². The highest BCUT2D eigenvalue weighted by molar-refractivity contribution is 7.98. The van der Waals surface area contributed by atoms with Crippen LogP contribution in [-0.4, -0.2) is 60.8 Å². The molecule has 4 atom stereocenters. The van der Waals surface area contributed by atoms with Crippen LogP contribution in [0.1, 0.15) is 38.7 Å². The average molecular weight is 464 g/mol. The number of rotatable bonds is 13. The number of thioether (sulfide) groups is 1. The van der Waals surface area contributed by atoms with Gasteiger partial charge in [-0.1, -0.05) is 44.2 Å². The number of ether oxygens (including phenoxy) is 1. The minimum absolute atomic E-state index is 0.0878. The molecule has 0 aliphatic heterocycles. The van der Waals surface area contributed by atoms with Gasteiger partial charge in [-0.2, -0.15) is 11.8 Å². The van der Waals surface area contributed by atoms with Crippen LogP contribution in [0.4, 0.5) is 0 Å². The van der Waals surface area contributed by atoms with Crippen LogP contribution in [0.5, 0.6) is 0 Å². The molecule has 2 amide bonds. The molecule has 0 radical (unpaired) electrons. The molecule has 0 saturated heterocycles. The highest BCUT2D eigenvalue weighted by Crippen LogP contribution is 2.58. The lowest BCUT2D eigenvalue weighted by atomic mass is 9.81. The number of methoxy groups -OCH3 is 1. The minimum atomic E-state index is -1.50. The smallest absolute Gasteiger partial charge is 0.327 e.